The van der Waals surface area contributed by atoms with E-state index >= 15 is 0 Å². The number of benzene rings is 2. The second-order valence-electron chi connectivity index (χ2n) is 8.46. The van der Waals surface area contributed by atoms with Gasteiger partial charge in [-0.1, -0.05) is 35.9 Å². The van der Waals surface area contributed by atoms with Crippen LogP contribution in [-0.4, -0.2) is 46.8 Å². The minimum absolute atomic E-state index is 0.213. The van der Waals surface area contributed by atoms with Gasteiger partial charge in [-0.3, -0.25) is 29.5 Å². The molecule has 1 atom stereocenters. The van der Waals surface area contributed by atoms with Crippen LogP contribution >= 0.6 is 11.6 Å². The number of halogens is 1. The lowest BCUT2D eigenvalue weighted by Crippen LogP contribution is -2.52. The molecule has 4 amide bonds. The van der Waals surface area contributed by atoms with E-state index in [1.807, 2.05) is 24.3 Å². The van der Waals surface area contributed by atoms with Gasteiger partial charge < -0.3 is 10.2 Å². The van der Waals surface area contributed by atoms with Crippen molar-refractivity contribution in [3.63, 3.8) is 0 Å². The zero-order valence-corrected chi connectivity index (χ0v) is 18.9. The van der Waals surface area contributed by atoms with Crippen molar-refractivity contribution in [2.45, 2.75) is 32.0 Å². The maximum absolute atomic E-state index is 12.8. The fourth-order valence-electron chi connectivity index (χ4n) is 4.44. The molecule has 1 fully saturated rings. The minimum atomic E-state index is -0.651. The number of piperidine rings is 1. The molecule has 2 N–H and O–H groups in total. The third-order valence-electron chi connectivity index (χ3n) is 6.20. The van der Waals surface area contributed by atoms with Gasteiger partial charge in [0, 0.05) is 30.1 Å². The van der Waals surface area contributed by atoms with Crippen molar-refractivity contribution in [2.24, 2.45) is 4.99 Å². The highest BCUT2D eigenvalue weighted by Gasteiger charge is 2.39. The number of hydrogen-bond donors (Lipinski definition) is 2. The van der Waals surface area contributed by atoms with Gasteiger partial charge in [0.15, 0.2) is 0 Å². The average Bonchev–Trinajstić information content (AvgIpc) is 3.43. The first-order chi connectivity index (χ1) is 16.4. The molecule has 1 saturated heterocycles. The third-order valence-corrected chi connectivity index (χ3v) is 6.43. The number of fused-ring (bicyclic) bond motifs is 1. The van der Waals surface area contributed by atoms with Gasteiger partial charge in [0.05, 0.1) is 6.54 Å². The fourth-order valence-corrected chi connectivity index (χ4v) is 4.63. The molecule has 0 spiro atoms. The number of imide groups is 1. The van der Waals surface area contributed by atoms with Crippen molar-refractivity contribution in [1.29, 1.82) is 0 Å². The van der Waals surface area contributed by atoms with Crippen LogP contribution in [0.15, 0.2) is 53.5 Å². The van der Waals surface area contributed by atoms with Crippen molar-refractivity contribution in [1.82, 2.24) is 15.5 Å². The maximum Gasteiger partial charge on any atom is 0.269 e. The second kappa shape index (κ2) is 8.87. The Kier molecular flexibility index (Phi) is 5.75. The number of hydrogen-bond acceptors (Lipinski definition) is 5. The first kappa shape index (κ1) is 22.0. The number of aliphatic imine (C=N–C) groups is 1. The predicted molar refractivity (Wildman–Crippen MR) is 126 cm³/mol. The van der Waals surface area contributed by atoms with Crippen LogP contribution in [0.2, 0.25) is 5.02 Å². The average molecular weight is 477 g/mol. The summed E-state index contributed by atoms with van der Waals surface area (Å²) in [5, 5.41) is 5.80. The Bertz CT molecular complexity index is 1300. The van der Waals surface area contributed by atoms with E-state index in [4.69, 9.17) is 11.6 Å². The standard InChI is InChI=1S/C25H21ClN4O4/c26-18-3-1-2-15(9-18)16-10-20(27-12-16)23(32)28-11-14-4-5-19-17(8-14)13-30(25(19)34)21-6-7-22(31)29-24(21)33/h1-5,8-10,21H,6-7,11-13H2,(H,28,32)(H,29,31,33). The van der Waals surface area contributed by atoms with E-state index in [2.05, 4.69) is 15.6 Å². The summed E-state index contributed by atoms with van der Waals surface area (Å²) in [7, 11) is 0. The zero-order valence-electron chi connectivity index (χ0n) is 18.1. The minimum Gasteiger partial charge on any atom is -0.347 e. The predicted octanol–water partition coefficient (Wildman–Crippen LogP) is 2.26. The molecule has 34 heavy (non-hydrogen) atoms. The van der Waals surface area contributed by atoms with Crippen molar-refractivity contribution in [3.8, 4) is 0 Å². The molecule has 8 nitrogen and oxygen atoms in total. The first-order valence-corrected chi connectivity index (χ1v) is 11.3. The van der Waals surface area contributed by atoms with Gasteiger partial charge in [-0.05, 0) is 53.0 Å². The van der Waals surface area contributed by atoms with Crippen LogP contribution < -0.4 is 10.6 Å². The van der Waals surface area contributed by atoms with Crippen LogP contribution in [0.3, 0.4) is 0 Å². The molecule has 1 unspecified atom stereocenters. The monoisotopic (exact) mass is 476 g/mol. The molecule has 3 aliphatic heterocycles. The van der Waals surface area contributed by atoms with E-state index in [1.165, 1.54) is 4.90 Å². The molecule has 3 aliphatic rings. The molecule has 0 radical (unpaired) electrons. The van der Waals surface area contributed by atoms with Crippen molar-refractivity contribution < 1.29 is 19.2 Å². The Hall–Kier alpha value is -3.78. The smallest absolute Gasteiger partial charge is 0.269 e. The quantitative estimate of drug-likeness (QED) is 0.645. The molecular formula is C25H21ClN4O4. The first-order valence-electron chi connectivity index (χ1n) is 10.9. The molecule has 9 heteroatoms. The Balaban J connectivity index is 1.22. The molecule has 2 aromatic carbocycles. The molecule has 172 valence electrons. The van der Waals surface area contributed by atoms with E-state index in [-0.39, 0.29) is 30.7 Å². The van der Waals surface area contributed by atoms with Crippen LogP contribution in [0.4, 0.5) is 0 Å². The van der Waals surface area contributed by atoms with E-state index in [0.29, 0.717) is 35.8 Å². The summed E-state index contributed by atoms with van der Waals surface area (Å²) in [6, 6.07) is 12.1. The maximum atomic E-state index is 12.8. The second-order valence-corrected chi connectivity index (χ2v) is 8.89. The van der Waals surface area contributed by atoms with Crippen LogP contribution in [0, 0.1) is 0 Å². The summed E-state index contributed by atoms with van der Waals surface area (Å²) >= 11 is 6.05. The van der Waals surface area contributed by atoms with Crippen LogP contribution in [0.1, 0.15) is 39.9 Å². The number of nitrogens with one attached hydrogen (secondary N) is 2. The van der Waals surface area contributed by atoms with Gasteiger partial charge in [-0.2, -0.15) is 0 Å². The highest BCUT2D eigenvalue weighted by molar-refractivity contribution is 6.45. The topological polar surface area (TPSA) is 108 Å². The summed E-state index contributed by atoms with van der Waals surface area (Å²) in [5.74, 6) is -1.25. The summed E-state index contributed by atoms with van der Waals surface area (Å²) < 4.78 is 0. The summed E-state index contributed by atoms with van der Waals surface area (Å²) in [5.41, 5.74) is 4.38. The number of carbonyl (C=O) groups is 4. The zero-order chi connectivity index (χ0) is 23.8. The van der Waals surface area contributed by atoms with Crippen molar-refractivity contribution in [3.05, 3.63) is 75.8 Å². The number of nitrogens with zero attached hydrogens (tertiary/aromatic N) is 2. The molecule has 5 rings (SSSR count). The molecule has 0 saturated carbocycles. The Morgan fingerprint density at radius 3 is 2.82 bits per heavy atom. The Labute approximate surface area is 200 Å². The number of amides is 4. The Morgan fingerprint density at radius 1 is 1.18 bits per heavy atom. The lowest BCUT2D eigenvalue weighted by atomic mass is 10.0. The van der Waals surface area contributed by atoms with Crippen molar-refractivity contribution >= 4 is 46.5 Å². The Morgan fingerprint density at radius 2 is 2.03 bits per heavy atom. The molecule has 0 aromatic heterocycles. The third kappa shape index (κ3) is 4.24. The van der Waals surface area contributed by atoms with Gasteiger partial charge in [0.25, 0.3) is 11.8 Å². The molecule has 0 aliphatic carbocycles. The highest BCUT2D eigenvalue weighted by Crippen LogP contribution is 2.28. The van der Waals surface area contributed by atoms with Crippen LogP contribution in [0.5, 0.6) is 0 Å². The summed E-state index contributed by atoms with van der Waals surface area (Å²) in [6.07, 6.45) is 2.30. The molecular weight excluding hydrogens is 456 g/mol. The van der Waals surface area contributed by atoms with E-state index in [1.54, 1.807) is 24.3 Å². The normalized spacial score (nSPS) is 19.5. The van der Waals surface area contributed by atoms with Crippen LogP contribution in [0.25, 0.3) is 5.57 Å². The molecule has 3 heterocycles. The van der Waals surface area contributed by atoms with E-state index in [0.717, 1.165) is 22.3 Å². The van der Waals surface area contributed by atoms with Crippen molar-refractivity contribution in [2.75, 3.05) is 6.54 Å². The number of rotatable bonds is 5. The van der Waals surface area contributed by atoms with Gasteiger partial charge in [0.2, 0.25) is 11.8 Å². The highest BCUT2D eigenvalue weighted by atomic mass is 35.5. The molecule has 2 aromatic rings. The SMILES string of the molecule is O=C1CCC(N2Cc3cc(CNC(=O)C4=NCC(c5cccc(Cl)c5)=C4)ccc3C2=O)C(=O)N1. The lowest BCUT2D eigenvalue weighted by Gasteiger charge is -2.29. The van der Waals surface area contributed by atoms with E-state index in [9.17, 15) is 19.2 Å². The lowest BCUT2D eigenvalue weighted by molar-refractivity contribution is -0.137. The van der Waals surface area contributed by atoms with E-state index < -0.39 is 11.9 Å². The summed E-state index contributed by atoms with van der Waals surface area (Å²) in [6.45, 7) is 0.985. The van der Waals surface area contributed by atoms with Gasteiger partial charge in [0.1, 0.15) is 11.8 Å². The summed E-state index contributed by atoms with van der Waals surface area (Å²) in [4.78, 5) is 54.9. The largest absolute Gasteiger partial charge is 0.347 e. The van der Waals surface area contributed by atoms with Gasteiger partial charge in [-0.25, -0.2) is 0 Å². The van der Waals surface area contributed by atoms with Gasteiger partial charge >= 0.3 is 0 Å². The van der Waals surface area contributed by atoms with Crippen LogP contribution in [-0.2, 0) is 27.5 Å². The number of carbonyl (C=O) groups excluding carboxylic acids is 4. The van der Waals surface area contributed by atoms with Gasteiger partial charge in [-0.15, -0.1) is 0 Å². The molecule has 0 bridgehead atoms. The fraction of sp³-hybridized carbons (Fsp3) is 0.240.